The summed E-state index contributed by atoms with van der Waals surface area (Å²) >= 11 is 0. The number of ether oxygens (including phenoxy) is 2. The van der Waals surface area contributed by atoms with Crippen LogP contribution >= 0.6 is 24.0 Å². The molecular formula is C20H35IN6O2. The summed E-state index contributed by atoms with van der Waals surface area (Å²) in [5, 5.41) is 6.80. The Hall–Kier alpha value is -1.17. The van der Waals surface area contributed by atoms with Crippen molar-refractivity contribution in [2.45, 2.75) is 19.9 Å². The minimum Gasteiger partial charge on any atom is -0.379 e. The predicted octanol–water partition coefficient (Wildman–Crippen LogP) is 1.31. The highest BCUT2D eigenvalue weighted by Gasteiger charge is 2.15. The second-order valence-corrected chi connectivity index (χ2v) is 7.02. The van der Waals surface area contributed by atoms with Crippen molar-refractivity contribution in [3.05, 3.63) is 23.9 Å². The molecule has 29 heavy (non-hydrogen) atoms. The van der Waals surface area contributed by atoms with Gasteiger partial charge < -0.3 is 25.0 Å². The van der Waals surface area contributed by atoms with E-state index in [0.29, 0.717) is 6.54 Å². The van der Waals surface area contributed by atoms with E-state index in [1.807, 2.05) is 12.3 Å². The fraction of sp³-hybridized carbons (Fsp3) is 0.700. The smallest absolute Gasteiger partial charge is 0.191 e. The number of morpholine rings is 2. The number of rotatable bonds is 8. The Labute approximate surface area is 191 Å². The van der Waals surface area contributed by atoms with Crippen LogP contribution in [0.4, 0.5) is 5.82 Å². The van der Waals surface area contributed by atoms with E-state index in [1.165, 1.54) is 0 Å². The lowest BCUT2D eigenvalue weighted by Crippen LogP contribution is -2.40. The highest BCUT2D eigenvalue weighted by Crippen LogP contribution is 2.19. The number of aromatic nitrogens is 1. The number of hydrogen-bond acceptors (Lipinski definition) is 6. The molecule has 0 aliphatic carbocycles. The van der Waals surface area contributed by atoms with Gasteiger partial charge in [-0.1, -0.05) is 6.07 Å². The van der Waals surface area contributed by atoms with Crippen LogP contribution < -0.4 is 15.5 Å². The number of nitrogens with zero attached hydrogens (tertiary/aromatic N) is 4. The zero-order valence-corrected chi connectivity index (χ0v) is 19.8. The molecule has 8 nitrogen and oxygen atoms in total. The van der Waals surface area contributed by atoms with Crippen LogP contribution in [0.25, 0.3) is 0 Å². The molecule has 9 heteroatoms. The standard InChI is InChI=1S/C20H34N6O2.HI/c1-2-21-20(23-7-4-8-25-9-13-27-14-10-25)24-17-18-5-3-6-22-19(18)26-11-15-28-16-12-26;/h3,5-6H,2,4,7-17H2,1H3,(H2,21,23,24);1H. The van der Waals surface area contributed by atoms with Crippen molar-refractivity contribution in [1.82, 2.24) is 20.5 Å². The van der Waals surface area contributed by atoms with Crippen LogP contribution in [0, 0.1) is 0 Å². The molecule has 2 aliphatic heterocycles. The van der Waals surface area contributed by atoms with Crippen molar-refractivity contribution in [3.8, 4) is 0 Å². The zero-order chi connectivity index (χ0) is 19.4. The number of hydrogen-bond donors (Lipinski definition) is 2. The van der Waals surface area contributed by atoms with Gasteiger partial charge in [-0.15, -0.1) is 24.0 Å². The van der Waals surface area contributed by atoms with Crippen molar-refractivity contribution in [3.63, 3.8) is 0 Å². The van der Waals surface area contributed by atoms with E-state index in [9.17, 15) is 0 Å². The van der Waals surface area contributed by atoms with Crippen LogP contribution in [0.2, 0.25) is 0 Å². The zero-order valence-electron chi connectivity index (χ0n) is 17.4. The van der Waals surface area contributed by atoms with E-state index in [1.54, 1.807) is 0 Å². The Kier molecular flexibility index (Phi) is 11.6. The van der Waals surface area contributed by atoms with Gasteiger partial charge in [-0.05, 0) is 26.0 Å². The fourth-order valence-electron chi connectivity index (χ4n) is 3.45. The topological polar surface area (TPSA) is 74.2 Å². The summed E-state index contributed by atoms with van der Waals surface area (Å²) in [6, 6.07) is 4.10. The van der Waals surface area contributed by atoms with Crippen molar-refractivity contribution in [2.24, 2.45) is 4.99 Å². The highest BCUT2D eigenvalue weighted by atomic mass is 127. The molecule has 1 aromatic heterocycles. The lowest BCUT2D eigenvalue weighted by Gasteiger charge is -2.29. The van der Waals surface area contributed by atoms with E-state index in [0.717, 1.165) is 96.0 Å². The molecule has 2 aliphatic rings. The van der Waals surface area contributed by atoms with Crippen LogP contribution in [0.15, 0.2) is 23.3 Å². The third-order valence-corrected chi connectivity index (χ3v) is 4.98. The van der Waals surface area contributed by atoms with E-state index in [-0.39, 0.29) is 24.0 Å². The quantitative estimate of drug-likeness (QED) is 0.233. The first-order chi connectivity index (χ1) is 13.9. The van der Waals surface area contributed by atoms with Crippen LogP contribution in [0.3, 0.4) is 0 Å². The molecule has 2 fully saturated rings. The Balaban J connectivity index is 0.00000300. The van der Waals surface area contributed by atoms with E-state index in [4.69, 9.17) is 14.5 Å². The van der Waals surface area contributed by atoms with E-state index in [2.05, 4.69) is 38.4 Å². The lowest BCUT2D eigenvalue weighted by molar-refractivity contribution is 0.0376. The molecule has 0 unspecified atom stereocenters. The molecule has 0 amide bonds. The summed E-state index contributed by atoms with van der Waals surface area (Å²) in [6.07, 6.45) is 2.95. The molecule has 0 atom stereocenters. The Bertz CT molecular complexity index is 606. The molecule has 0 radical (unpaired) electrons. The number of halogens is 1. The summed E-state index contributed by atoms with van der Waals surface area (Å²) in [6.45, 7) is 12.6. The monoisotopic (exact) mass is 518 g/mol. The van der Waals surface area contributed by atoms with Gasteiger partial charge in [-0.2, -0.15) is 0 Å². The third kappa shape index (κ3) is 8.23. The summed E-state index contributed by atoms with van der Waals surface area (Å²) in [4.78, 5) is 14.1. The van der Waals surface area contributed by atoms with Crippen LogP contribution in [-0.4, -0.2) is 88.1 Å². The van der Waals surface area contributed by atoms with Gasteiger partial charge in [0, 0.05) is 51.0 Å². The van der Waals surface area contributed by atoms with Gasteiger partial charge in [0.25, 0.3) is 0 Å². The number of guanidine groups is 1. The Morgan fingerprint density at radius 3 is 2.55 bits per heavy atom. The summed E-state index contributed by atoms with van der Waals surface area (Å²) in [7, 11) is 0. The summed E-state index contributed by atoms with van der Waals surface area (Å²) in [5.74, 6) is 1.89. The number of pyridine rings is 1. The normalized spacial score (nSPS) is 18.2. The minimum absolute atomic E-state index is 0. The summed E-state index contributed by atoms with van der Waals surface area (Å²) < 4.78 is 10.9. The van der Waals surface area contributed by atoms with Crippen molar-refractivity contribution >= 4 is 35.8 Å². The average molecular weight is 518 g/mol. The first-order valence-corrected chi connectivity index (χ1v) is 10.5. The van der Waals surface area contributed by atoms with Gasteiger partial charge in [-0.25, -0.2) is 9.98 Å². The van der Waals surface area contributed by atoms with Crippen LogP contribution in [0.1, 0.15) is 18.9 Å². The molecule has 0 saturated carbocycles. The fourth-order valence-corrected chi connectivity index (χ4v) is 3.45. The third-order valence-electron chi connectivity index (χ3n) is 4.98. The molecule has 0 spiro atoms. The molecule has 3 heterocycles. The molecule has 3 rings (SSSR count). The first kappa shape index (κ1) is 24.1. The van der Waals surface area contributed by atoms with Gasteiger partial charge >= 0.3 is 0 Å². The predicted molar refractivity (Wildman–Crippen MR) is 127 cm³/mol. The van der Waals surface area contributed by atoms with Gasteiger partial charge in [0.15, 0.2) is 5.96 Å². The maximum atomic E-state index is 5.46. The summed E-state index contributed by atoms with van der Waals surface area (Å²) in [5.41, 5.74) is 1.15. The maximum absolute atomic E-state index is 5.46. The Morgan fingerprint density at radius 1 is 1.10 bits per heavy atom. The molecule has 1 aromatic rings. The second kappa shape index (κ2) is 13.9. The van der Waals surface area contributed by atoms with E-state index < -0.39 is 0 Å². The highest BCUT2D eigenvalue weighted by molar-refractivity contribution is 14.0. The number of anilines is 1. The maximum Gasteiger partial charge on any atom is 0.191 e. The number of aliphatic imine (C=N–C) groups is 1. The molecular weight excluding hydrogens is 483 g/mol. The lowest BCUT2D eigenvalue weighted by atomic mass is 10.2. The molecule has 164 valence electrons. The first-order valence-electron chi connectivity index (χ1n) is 10.5. The molecule has 2 saturated heterocycles. The van der Waals surface area contributed by atoms with Crippen LogP contribution in [0.5, 0.6) is 0 Å². The molecule has 2 N–H and O–H groups in total. The van der Waals surface area contributed by atoms with Crippen molar-refractivity contribution < 1.29 is 9.47 Å². The second-order valence-electron chi connectivity index (χ2n) is 7.02. The van der Waals surface area contributed by atoms with E-state index >= 15 is 0 Å². The van der Waals surface area contributed by atoms with Crippen molar-refractivity contribution in [1.29, 1.82) is 0 Å². The molecule has 0 bridgehead atoms. The Morgan fingerprint density at radius 2 is 1.83 bits per heavy atom. The van der Waals surface area contributed by atoms with Crippen LogP contribution in [-0.2, 0) is 16.0 Å². The van der Waals surface area contributed by atoms with Gasteiger partial charge in [0.05, 0.1) is 33.0 Å². The average Bonchev–Trinajstić information content (AvgIpc) is 2.76. The molecule has 0 aromatic carbocycles. The van der Waals surface area contributed by atoms with Gasteiger partial charge in [0.2, 0.25) is 0 Å². The SMILES string of the molecule is CCNC(=NCc1cccnc1N1CCOCC1)NCCCN1CCOCC1.I. The van der Waals surface area contributed by atoms with Gasteiger partial charge in [0.1, 0.15) is 5.82 Å². The van der Waals surface area contributed by atoms with Crippen molar-refractivity contribution in [2.75, 3.05) is 77.1 Å². The largest absolute Gasteiger partial charge is 0.379 e. The van der Waals surface area contributed by atoms with Gasteiger partial charge in [-0.3, -0.25) is 4.90 Å². The number of nitrogens with one attached hydrogen (secondary N) is 2. The minimum atomic E-state index is 0.